The van der Waals surface area contributed by atoms with E-state index in [-0.39, 0.29) is 43.7 Å². The van der Waals surface area contributed by atoms with Crippen LogP contribution in [0.3, 0.4) is 0 Å². The molecular weight excluding hydrogens is 502 g/mol. The first-order chi connectivity index (χ1) is 17.9. The Morgan fingerprint density at radius 2 is 1.39 bits per heavy atom. The maximum atomic E-state index is 12.1. The highest BCUT2D eigenvalue weighted by molar-refractivity contribution is 5.79. The number of hydrogen-bond donors (Lipinski definition) is 2. The second kappa shape index (κ2) is 16.3. The Hall–Kier alpha value is -3.54. The molecule has 0 fully saturated rings. The van der Waals surface area contributed by atoms with Crippen molar-refractivity contribution in [1.82, 2.24) is 0 Å². The molecule has 0 aromatic heterocycles. The number of carbonyl (C=O) groups is 4. The van der Waals surface area contributed by atoms with Gasteiger partial charge in [0.1, 0.15) is 17.7 Å². The Morgan fingerprint density at radius 1 is 0.842 bits per heavy atom. The first-order valence-electron chi connectivity index (χ1n) is 12.7. The quantitative estimate of drug-likeness (QED) is 0.174. The number of carbonyl (C=O) groups excluding carboxylic acids is 3. The van der Waals surface area contributed by atoms with Crippen molar-refractivity contribution in [3.8, 4) is 11.5 Å². The van der Waals surface area contributed by atoms with Crippen LogP contribution in [0.15, 0.2) is 18.2 Å². The number of benzene rings is 1. The summed E-state index contributed by atoms with van der Waals surface area (Å²) < 4.78 is 30.5. The molecule has 3 atom stereocenters. The second-order valence-corrected chi connectivity index (χ2v) is 8.92. The molecule has 0 saturated carbocycles. The molecule has 0 bridgehead atoms. The number of ether oxygens (including phenoxy) is 6. The van der Waals surface area contributed by atoms with Crippen molar-refractivity contribution in [2.75, 3.05) is 13.2 Å². The molecule has 214 valence electrons. The third-order valence-electron chi connectivity index (χ3n) is 5.13. The normalized spacial score (nSPS) is 13.8. The van der Waals surface area contributed by atoms with Gasteiger partial charge in [0, 0.05) is 12.8 Å². The summed E-state index contributed by atoms with van der Waals surface area (Å²) in [5.74, 6) is -1.67. The van der Waals surface area contributed by atoms with Crippen LogP contribution in [-0.2, 0) is 30.2 Å². The average Bonchev–Trinajstić information content (AvgIpc) is 2.82. The van der Waals surface area contributed by atoms with Crippen molar-refractivity contribution in [2.24, 2.45) is 5.73 Å². The topological polar surface area (TPSA) is 170 Å². The lowest BCUT2D eigenvalue weighted by molar-refractivity contribution is -0.144. The molecule has 0 amide bonds. The largest absolute Gasteiger partial charge is 0.513 e. The van der Waals surface area contributed by atoms with E-state index in [4.69, 9.17) is 34.2 Å². The van der Waals surface area contributed by atoms with E-state index in [0.717, 1.165) is 6.42 Å². The monoisotopic (exact) mass is 541 g/mol. The van der Waals surface area contributed by atoms with Gasteiger partial charge in [-0.25, -0.2) is 14.4 Å². The second-order valence-electron chi connectivity index (χ2n) is 8.92. The molecule has 3 N–H and O–H groups in total. The lowest BCUT2D eigenvalue weighted by atomic mass is 9.86. The molecule has 0 aliphatic rings. The van der Waals surface area contributed by atoms with Crippen LogP contribution >= 0.6 is 0 Å². The van der Waals surface area contributed by atoms with Crippen LogP contribution in [0, 0.1) is 0 Å². The zero-order chi connectivity index (χ0) is 28.7. The zero-order valence-corrected chi connectivity index (χ0v) is 22.7. The minimum absolute atomic E-state index is 0.107. The first-order valence-corrected chi connectivity index (χ1v) is 12.7. The standard InChI is InChI=1S/C26H39NO11/c1-6-9-17(4)35-25(32)36-18(5)15-26(27,22(28)29)16-19-10-11-20(37-23(30)33-12-7-2)21(14-19)38-24(31)34-13-8-3/h10-11,14,17-18H,6-9,12-13,15-16,27H2,1-5H3,(H,28,29)/t17?,18-,26?/m0/s1. The smallest absolute Gasteiger partial charge is 0.480 e. The Labute approximate surface area is 222 Å². The lowest BCUT2D eigenvalue weighted by Gasteiger charge is -2.28. The van der Waals surface area contributed by atoms with Crippen LogP contribution in [0.4, 0.5) is 14.4 Å². The molecule has 1 aromatic carbocycles. The van der Waals surface area contributed by atoms with Gasteiger partial charge >= 0.3 is 24.4 Å². The van der Waals surface area contributed by atoms with E-state index in [1.54, 1.807) is 13.8 Å². The summed E-state index contributed by atoms with van der Waals surface area (Å²) in [6, 6.07) is 4.09. The fourth-order valence-electron chi connectivity index (χ4n) is 3.41. The molecule has 1 rings (SSSR count). The van der Waals surface area contributed by atoms with Crippen molar-refractivity contribution in [2.45, 2.75) is 90.9 Å². The van der Waals surface area contributed by atoms with Crippen molar-refractivity contribution >= 4 is 24.4 Å². The van der Waals surface area contributed by atoms with Gasteiger partial charge in [0.2, 0.25) is 0 Å². The third-order valence-corrected chi connectivity index (χ3v) is 5.13. The van der Waals surface area contributed by atoms with Crippen LogP contribution in [0.2, 0.25) is 0 Å². The summed E-state index contributed by atoms with van der Waals surface area (Å²) in [7, 11) is 0. The van der Waals surface area contributed by atoms with Gasteiger partial charge < -0.3 is 39.3 Å². The van der Waals surface area contributed by atoms with Gasteiger partial charge in [0.25, 0.3) is 0 Å². The van der Waals surface area contributed by atoms with Gasteiger partial charge in [0.15, 0.2) is 11.5 Å². The summed E-state index contributed by atoms with van der Waals surface area (Å²) in [5, 5.41) is 9.87. The Kier molecular flexibility index (Phi) is 14.0. The van der Waals surface area contributed by atoms with E-state index in [1.807, 2.05) is 13.8 Å². The van der Waals surface area contributed by atoms with Gasteiger partial charge in [-0.3, -0.25) is 4.79 Å². The highest BCUT2D eigenvalue weighted by atomic mass is 16.7. The molecule has 0 aliphatic heterocycles. The van der Waals surface area contributed by atoms with Crippen molar-refractivity contribution < 1.29 is 52.7 Å². The van der Waals surface area contributed by atoms with Gasteiger partial charge in [-0.15, -0.1) is 0 Å². The molecule has 0 saturated heterocycles. The van der Waals surface area contributed by atoms with Crippen LogP contribution in [0.5, 0.6) is 11.5 Å². The fourth-order valence-corrected chi connectivity index (χ4v) is 3.41. The lowest BCUT2D eigenvalue weighted by Crippen LogP contribution is -2.52. The van der Waals surface area contributed by atoms with Crippen molar-refractivity contribution in [3.63, 3.8) is 0 Å². The number of nitrogens with two attached hydrogens (primary N) is 1. The summed E-state index contributed by atoms with van der Waals surface area (Å²) in [6.45, 7) is 9.03. The van der Waals surface area contributed by atoms with Crippen molar-refractivity contribution in [3.05, 3.63) is 23.8 Å². The minimum atomic E-state index is -1.86. The molecule has 0 spiro atoms. The molecular formula is C26H39NO11. The van der Waals surface area contributed by atoms with E-state index in [2.05, 4.69) is 0 Å². The van der Waals surface area contributed by atoms with Crippen molar-refractivity contribution in [1.29, 1.82) is 0 Å². The van der Waals surface area contributed by atoms with Crippen LogP contribution < -0.4 is 15.2 Å². The Morgan fingerprint density at radius 3 is 1.92 bits per heavy atom. The number of aliphatic carboxylic acids is 1. The number of carboxylic acid groups (broad SMARTS) is 1. The number of hydrogen-bond acceptors (Lipinski definition) is 11. The number of carboxylic acids is 1. The predicted molar refractivity (Wildman–Crippen MR) is 135 cm³/mol. The highest BCUT2D eigenvalue weighted by Crippen LogP contribution is 2.31. The van der Waals surface area contributed by atoms with Gasteiger partial charge in [0.05, 0.1) is 13.2 Å². The molecule has 0 radical (unpaired) electrons. The molecule has 12 nitrogen and oxygen atoms in total. The van der Waals surface area contributed by atoms with Gasteiger partial charge in [-0.1, -0.05) is 33.3 Å². The molecule has 2 unspecified atom stereocenters. The third kappa shape index (κ3) is 11.7. The van der Waals surface area contributed by atoms with Crippen LogP contribution in [0.25, 0.3) is 0 Å². The van der Waals surface area contributed by atoms with Gasteiger partial charge in [-0.2, -0.15) is 0 Å². The maximum absolute atomic E-state index is 12.1. The van der Waals surface area contributed by atoms with E-state index in [0.29, 0.717) is 24.8 Å². The molecule has 0 aliphatic carbocycles. The fraction of sp³-hybridized carbons (Fsp3) is 0.615. The van der Waals surface area contributed by atoms with Gasteiger partial charge in [-0.05, 0) is 50.8 Å². The van der Waals surface area contributed by atoms with Crippen LogP contribution in [0.1, 0.15) is 72.3 Å². The maximum Gasteiger partial charge on any atom is 0.513 e. The Bertz CT molecular complexity index is 936. The summed E-state index contributed by atoms with van der Waals surface area (Å²) in [5.41, 5.74) is 4.70. The SMILES string of the molecule is CCCOC(=O)Oc1ccc(CC(N)(C[C@H](C)OC(=O)OC(C)CCC)C(=O)O)cc1OC(=O)OCCC. The van der Waals surface area contributed by atoms with E-state index < -0.39 is 36.1 Å². The zero-order valence-electron chi connectivity index (χ0n) is 22.7. The molecule has 0 heterocycles. The van der Waals surface area contributed by atoms with E-state index >= 15 is 0 Å². The molecule has 12 heteroatoms. The Balaban J connectivity index is 3.08. The summed E-state index contributed by atoms with van der Waals surface area (Å²) in [4.78, 5) is 48.1. The average molecular weight is 542 g/mol. The molecule has 38 heavy (non-hydrogen) atoms. The summed E-state index contributed by atoms with van der Waals surface area (Å²) >= 11 is 0. The predicted octanol–water partition coefficient (Wildman–Crippen LogP) is 4.98. The highest BCUT2D eigenvalue weighted by Gasteiger charge is 2.37. The number of rotatable bonds is 15. The summed E-state index contributed by atoms with van der Waals surface area (Å²) in [6.07, 6.45) is -2.04. The van der Waals surface area contributed by atoms with E-state index in [1.165, 1.54) is 25.1 Å². The molecule has 1 aromatic rings. The minimum Gasteiger partial charge on any atom is -0.480 e. The van der Waals surface area contributed by atoms with Crippen LogP contribution in [-0.4, -0.2) is 60.5 Å². The van der Waals surface area contributed by atoms with E-state index in [9.17, 15) is 24.3 Å². The first kappa shape index (κ1) is 32.5.